The molecule has 4 aromatic heterocycles. The molecule has 0 aliphatic carbocycles. The van der Waals surface area contributed by atoms with Crippen molar-refractivity contribution >= 4 is 94.9 Å². The van der Waals surface area contributed by atoms with Crippen LogP contribution in [0.4, 0.5) is 0 Å². The van der Waals surface area contributed by atoms with E-state index in [1.54, 1.807) is 28.4 Å². The van der Waals surface area contributed by atoms with E-state index in [0.29, 0.717) is 23.0 Å². The number of rotatable bonds is 29. The first kappa shape index (κ1) is 108. The van der Waals surface area contributed by atoms with E-state index in [9.17, 15) is 44.1 Å². The lowest BCUT2D eigenvalue weighted by Crippen LogP contribution is -2.69. The third-order valence-electron chi connectivity index (χ3n) is 27.1. The number of aromatic amines is 2. The molecule has 25 nitrogen and oxygen atoms in total. The number of aliphatic hydroxyl groups is 2. The van der Waals surface area contributed by atoms with Crippen LogP contribution in [0.25, 0.3) is 21.8 Å². The molecule has 0 spiro atoms. The zero-order valence-corrected chi connectivity index (χ0v) is 87.3. The second-order valence-corrected chi connectivity index (χ2v) is 46.8. The van der Waals surface area contributed by atoms with E-state index >= 15 is 0 Å². The second kappa shape index (κ2) is 47.6. The first-order valence-corrected chi connectivity index (χ1v) is 51.9. The highest BCUT2D eigenvalue weighted by atomic mass is 127. The van der Waals surface area contributed by atoms with Crippen molar-refractivity contribution in [2.24, 2.45) is 5.73 Å². The molecule has 2 aliphatic heterocycles. The summed E-state index contributed by atoms with van der Waals surface area (Å²) in [4.78, 5) is 81.2. The van der Waals surface area contributed by atoms with E-state index in [1.807, 2.05) is 200 Å². The average molecular weight is 2120 g/mol. The van der Waals surface area contributed by atoms with Gasteiger partial charge in [-0.3, -0.25) is 38.3 Å². The van der Waals surface area contributed by atoms with Gasteiger partial charge in [0.05, 0.1) is 79.8 Å². The van der Waals surface area contributed by atoms with E-state index in [2.05, 4.69) is 229 Å². The Morgan fingerprint density at radius 2 is 0.707 bits per heavy atom. The van der Waals surface area contributed by atoms with Gasteiger partial charge >= 0.3 is 17.3 Å². The molecule has 6 heterocycles. The number of carbonyl (C=O) groups is 2. The number of methoxy groups -OCH3 is 4. The first-order chi connectivity index (χ1) is 70.1. The van der Waals surface area contributed by atoms with Gasteiger partial charge in [0, 0.05) is 59.4 Å². The number of benzene rings is 12. The number of carbonyl (C=O) groups excluding carboxylic acids is 1. The largest absolute Gasteiger partial charge is 0.497 e. The maximum absolute atomic E-state index is 13.7. The SMILES string of the molecule is C.CC(C)(C)[Si](c1ccccc1)(c1ccccc1)n1cc(CC(=O)O)c2ccccc21.COc1ccc(C(OC[C@H]2O[C@@H](n3cc(C#CCN)c(=O)[nH]c3=O)CC2O)(c2ccccc2)c2ccc(OC)cc2)cc1.COc1ccc(C(OC[C@H]2O[C@@H](n3cc(C#CCNC(=O)Cc4cn([Si](c5ccccc5)(c5ccccc5)C(C)(C)C)c5ccccc45)c(=O)[nH]c3=O)CC2O)(c2ccccc2)c2ccc(OC)cc2)cc1.I. The Bertz CT molecular complexity index is 7400. The number of halogens is 1. The third-order valence-corrected chi connectivity index (χ3v) is 38.3. The molecule has 8 N–H and O–H groups in total. The van der Waals surface area contributed by atoms with E-state index in [4.69, 9.17) is 43.6 Å². The average Bonchev–Trinajstić information content (AvgIpc) is 1.62. The molecule has 2 fully saturated rings. The number of amides is 1. The Hall–Kier alpha value is -14.8. The van der Waals surface area contributed by atoms with Crippen molar-refractivity contribution in [1.29, 1.82) is 0 Å². The Morgan fingerprint density at radius 3 is 1.01 bits per heavy atom. The molecule has 147 heavy (non-hydrogen) atoms. The highest BCUT2D eigenvalue weighted by Gasteiger charge is 2.54. The van der Waals surface area contributed by atoms with Gasteiger partial charge in [0.1, 0.15) is 70.0 Å². The maximum Gasteiger partial charge on any atom is 0.330 e. The summed E-state index contributed by atoms with van der Waals surface area (Å²) in [5.74, 6) is 12.7. The summed E-state index contributed by atoms with van der Waals surface area (Å²) in [6.45, 7) is 13.8. The molecule has 1 amide bonds. The molecule has 756 valence electrons. The van der Waals surface area contributed by atoms with Gasteiger partial charge in [0.25, 0.3) is 11.1 Å². The molecular formula is C119H123IN8O17Si2. The third kappa shape index (κ3) is 22.5. The lowest BCUT2D eigenvalue weighted by atomic mass is 9.80. The van der Waals surface area contributed by atoms with Crippen LogP contribution in [0.2, 0.25) is 10.1 Å². The molecule has 16 aromatic rings. The topological polar surface area (TPSA) is 326 Å². The minimum Gasteiger partial charge on any atom is -0.497 e. The molecular weight excluding hydrogens is 2000 g/mol. The molecule has 2 saturated heterocycles. The van der Waals surface area contributed by atoms with E-state index in [1.165, 1.54) is 42.3 Å². The predicted molar refractivity (Wildman–Crippen MR) is 591 cm³/mol. The summed E-state index contributed by atoms with van der Waals surface area (Å²) in [5, 5.41) is 41.9. The number of nitrogens with two attached hydrogens (primary N) is 1. The van der Waals surface area contributed by atoms with Crippen LogP contribution < -0.4 is 73.2 Å². The van der Waals surface area contributed by atoms with Crippen LogP contribution in [0.3, 0.4) is 0 Å². The van der Waals surface area contributed by atoms with Gasteiger partial charge in [-0.25, -0.2) is 9.59 Å². The number of ether oxygens (including phenoxy) is 8. The van der Waals surface area contributed by atoms with Gasteiger partial charge in [-0.1, -0.05) is 340 Å². The fraction of sp³-hybridized carbons (Fsp3) is 0.244. The van der Waals surface area contributed by atoms with Crippen molar-refractivity contribution < 1.29 is 62.8 Å². The fourth-order valence-corrected chi connectivity index (χ4v) is 31.6. The number of aliphatic carboxylic acids is 1. The van der Waals surface area contributed by atoms with Crippen molar-refractivity contribution in [2.75, 3.05) is 54.7 Å². The number of aromatic nitrogens is 6. The smallest absolute Gasteiger partial charge is 0.330 e. The van der Waals surface area contributed by atoms with Crippen LogP contribution in [-0.4, -0.2) is 150 Å². The van der Waals surface area contributed by atoms with Crippen LogP contribution in [0.15, 0.2) is 372 Å². The van der Waals surface area contributed by atoms with Crippen LogP contribution in [0.1, 0.15) is 130 Å². The minimum absolute atomic E-state index is 0. The molecule has 18 rings (SSSR count). The zero-order chi connectivity index (χ0) is 102. The number of fused-ring (bicyclic) bond motifs is 2. The first-order valence-electron chi connectivity index (χ1n) is 48.0. The number of carboxylic acid groups (broad SMARTS) is 1. The fourth-order valence-electron chi connectivity index (χ4n) is 20.4. The van der Waals surface area contributed by atoms with Gasteiger partial charge in [-0.15, -0.1) is 24.0 Å². The number of nitrogens with one attached hydrogen (secondary N) is 3. The number of hydrogen-bond donors (Lipinski definition) is 7. The maximum atomic E-state index is 13.7. The van der Waals surface area contributed by atoms with Crippen molar-refractivity contribution in [3.63, 3.8) is 0 Å². The number of aliphatic hydroxyl groups excluding tert-OH is 2. The number of hydrogen-bond acceptors (Lipinski definition) is 17. The van der Waals surface area contributed by atoms with Crippen molar-refractivity contribution in [3.05, 3.63) is 450 Å². The van der Waals surface area contributed by atoms with Crippen molar-refractivity contribution in [3.8, 4) is 46.7 Å². The quantitative estimate of drug-likeness (QED) is 0.00991. The molecule has 2 unspecified atom stereocenters. The van der Waals surface area contributed by atoms with Gasteiger partial charge in [-0.05, 0) is 136 Å². The van der Waals surface area contributed by atoms with Crippen molar-refractivity contribution in [2.45, 2.75) is 133 Å². The Kier molecular flexibility index (Phi) is 35.0. The number of para-hydroxylation sites is 2. The van der Waals surface area contributed by atoms with E-state index < -0.39 is 93.0 Å². The predicted octanol–water partition coefficient (Wildman–Crippen LogP) is 15.7. The standard InChI is InChI=1S/C59H58N4O8Si.C33H33N3O7.C26H27NO2Si.CH4.HI/c1-58(2,3)72(48-21-11-7-12-22-48,49-23-13-8-14-24-49)63-39-42(50-25-15-16-26-51(50)63)36-54(65)60-35-17-18-41-38-62(57(67)61-56(41)66)55-37-52(64)53(71-55)40-70-59(43-19-9-6-10-20-43,44-27-31-46(68-4)32-28-44)45-29-33-47(69-5)34-30-45;1-40-26-14-10-24(11-15-26)33(23-8-4-3-5-9-23,25-12-16-27(41-2)17-13-25)42-21-29-28(37)19-30(43-29)36-20-22(7-6-18-34)31(38)35-32(36)39;1-26(2,3)30(21-12-6-4-7-13-21,22-14-8-5-9-15-22)27-19-20(18-25(28)29)23-16-10-11-17-24(23)27;;/h6-16,19-34,38-39,52-53,55,64H,35-37,40H2,1-5H3,(H,60,65)(H,61,66,67);3-5,8-17,20,28-30,37H,18-19,21,34H2,1-2H3,(H,35,38,39);4-17,19H,18H2,1-3H3,(H,28,29);1H4;1H/t52?,53-,55-;28?,29-,30-;;;/m11.../s1. The Balaban J connectivity index is 0.000000192. The summed E-state index contributed by atoms with van der Waals surface area (Å²) in [5.41, 5.74) is 9.41. The number of carboxylic acids is 1. The van der Waals surface area contributed by atoms with E-state index in [-0.39, 0.29) is 111 Å². The summed E-state index contributed by atoms with van der Waals surface area (Å²) in [7, 11) is 1.03. The molecule has 0 bridgehead atoms. The summed E-state index contributed by atoms with van der Waals surface area (Å²) in [6.07, 6.45) is 1.77. The zero-order valence-electron chi connectivity index (χ0n) is 82.9. The minimum atomic E-state index is -2.81. The van der Waals surface area contributed by atoms with Gasteiger partial charge < -0.3 is 72.7 Å². The summed E-state index contributed by atoms with van der Waals surface area (Å²) in [6, 6.07) is 109. The van der Waals surface area contributed by atoms with Gasteiger partial charge in [0.2, 0.25) is 22.4 Å². The van der Waals surface area contributed by atoms with Crippen LogP contribution >= 0.6 is 24.0 Å². The Labute approximate surface area is 874 Å². The molecule has 12 aromatic carbocycles. The second-order valence-electron chi connectivity index (χ2n) is 37.7. The van der Waals surface area contributed by atoms with Crippen LogP contribution in [0, 0.1) is 23.7 Å². The monoisotopic (exact) mass is 2120 g/mol. The van der Waals surface area contributed by atoms with E-state index in [0.717, 1.165) is 66.3 Å². The van der Waals surface area contributed by atoms with Crippen LogP contribution in [0.5, 0.6) is 23.0 Å². The lowest BCUT2D eigenvalue weighted by Gasteiger charge is -2.45. The van der Waals surface area contributed by atoms with Crippen LogP contribution in [-0.2, 0) is 52.6 Å². The Morgan fingerprint density at radius 1 is 0.415 bits per heavy atom. The van der Waals surface area contributed by atoms with Gasteiger partial charge in [0.15, 0.2) is 0 Å². The molecule has 0 saturated carbocycles. The molecule has 2 aliphatic rings. The number of H-pyrrole nitrogens is 2. The molecule has 28 heteroatoms. The normalized spacial score (nSPS) is 15.6. The lowest BCUT2D eigenvalue weighted by molar-refractivity contribution is -0.136. The highest BCUT2D eigenvalue weighted by molar-refractivity contribution is 14.0. The summed E-state index contributed by atoms with van der Waals surface area (Å²) >= 11 is 0. The summed E-state index contributed by atoms with van der Waals surface area (Å²) < 4.78 is 55.5. The van der Waals surface area contributed by atoms with Gasteiger partial charge in [-0.2, -0.15) is 0 Å². The molecule has 0 radical (unpaired) electrons. The molecule has 6 atom stereocenters. The number of nitrogens with zero attached hydrogens (tertiary/aromatic N) is 4. The van der Waals surface area contributed by atoms with Crippen molar-refractivity contribution in [1.82, 2.24) is 32.9 Å². The highest BCUT2D eigenvalue weighted by Crippen LogP contribution is 2.48.